The molecule has 0 N–H and O–H groups in total. The van der Waals surface area contributed by atoms with Crippen LogP contribution in [0.25, 0.3) is 10.1 Å². The minimum Gasteiger partial charge on any atom is -0.140 e. The maximum Gasteiger partial charge on any atom is 0.0345 e. The molecule has 0 spiro atoms. The molecule has 1 aromatic carbocycles. The first-order chi connectivity index (χ1) is 6.25. The van der Waals surface area contributed by atoms with Crippen molar-refractivity contribution in [3.63, 3.8) is 0 Å². The van der Waals surface area contributed by atoms with Crippen LogP contribution in [0.4, 0.5) is 0 Å². The van der Waals surface area contributed by atoms with Crippen LogP contribution in [-0.4, -0.2) is 0 Å². The first kappa shape index (κ1) is 8.52. The van der Waals surface area contributed by atoms with Gasteiger partial charge in [-0.2, -0.15) is 0 Å². The van der Waals surface area contributed by atoms with Crippen LogP contribution in [-0.2, 0) is 6.42 Å². The maximum absolute atomic E-state index is 3.93. The normalized spacial score (nSPS) is 10.5. The minimum absolute atomic E-state index is 1.01. The van der Waals surface area contributed by atoms with Gasteiger partial charge in [-0.3, -0.25) is 0 Å². The lowest BCUT2D eigenvalue weighted by molar-refractivity contribution is 1.20. The Morgan fingerprint density at radius 3 is 2.85 bits per heavy atom. The summed E-state index contributed by atoms with van der Waals surface area (Å²) in [6.07, 6.45) is 1.01. The fourth-order valence-electron chi connectivity index (χ4n) is 1.42. The summed E-state index contributed by atoms with van der Waals surface area (Å²) >= 11 is 1.86. The number of benzene rings is 1. The number of allylic oxidation sites excluding steroid dienone is 1. The van der Waals surface area contributed by atoms with E-state index in [0.29, 0.717) is 0 Å². The van der Waals surface area contributed by atoms with Gasteiger partial charge in [-0.05, 0) is 24.4 Å². The van der Waals surface area contributed by atoms with E-state index in [0.717, 1.165) is 6.42 Å². The molecule has 1 heterocycles. The van der Waals surface area contributed by atoms with E-state index in [1.807, 2.05) is 11.3 Å². The summed E-state index contributed by atoms with van der Waals surface area (Å²) < 4.78 is 1.37. The van der Waals surface area contributed by atoms with E-state index in [2.05, 4.69) is 43.8 Å². The Balaban J connectivity index is 2.44. The second-order valence-corrected chi connectivity index (χ2v) is 4.55. The number of thiophene rings is 1. The van der Waals surface area contributed by atoms with Gasteiger partial charge in [0, 0.05) is 16.0 Å². The first-order valence-electron chi connectivity index (χ1n) is 4.37. The number of fused-ring (bicyclic) bond motifs is 1. The summed E-state index contributed by atoms with van der Waals surface area (Å²) in [6, 6.07) is 10.8. The Morgan fingerprint density at radius 1 is 1.38 bits per heavy atom. The second-order valence-electron chi connectivity index (χ2n) is 3.38. The summed E-state index contributed by atoms with van der Waals surface area (Å²) in [5, 5.41) is 1.35. The predicted molar refractivity (Wildman–Crippen MR) is 60.3 cm³/mol. The highest BCUT2D eigenvalue weighted by molar-refractivity contribution is 7.19. The molecule has 2 aromatic rings. The molecule has 0 aliphatic heterocycles. The average molecular weight is 188 g/mol. The van der Waals surface area contributed by atoms with Crippen LogP contribution in [0.3, 0.4) is 0 Å². The molecule has 0 atom stereocenters. The van der Waals surface area contributed by atoms with Gasteiger partial charge in [0.15, 0.2) is 0 Å². The molecule has 0 nitrogen and oxygen atoms in total. The smallest absolute Gasteiger partial charge is 0.0345 e. The fourth-order valence-corrected chi connectivity index (χ4v) is 2.60. The standard InChI is InChI=1S/C12H12S/c1-9(2)7-11-8-10-5-3-4-6-12(10)13-11/h3-6,8H,1,7H2,2H3. The SMILES string of the molecule is C=C(C)Cc1cc2ccccc2s1. The second kappa shape index (κ2) is 3.35. The van der Waals surface area contributed by atoms with Gasteiger partial charge in [-0.1, -0.05) is 30.4 Å². The largest absolute Gasteiger partial charge is 0.140 e. The van der Waals surface area contributed by atoms with Gasteiger partial charge in [0.25, 0.3) is 0 Å². The van der Waals surface area contributed by atoms with Crippen molar-refractivity contribution >= 4 is 21.4 Å². The quantitative estimate of drug-likeness (QED) is 0.624. The summed E-state index contributed by atoms with van der Waals surface area (Å²) in [6.45, 7) is 6.00. The number of hydrogen-bond acceptors (Lipinski definition) is 1. The monoisotopic (exact) mass is 188 g/mol. The molecule has 1 heteroatoms. The van der Waals surface area contributed by atoms with Crippen molar-refractivity contribution in [2.45, 2.75) is 13.3 Å². The average Bonchev–Trinajstić information content (AvgIpc) is 2.44. The maximum atomic E-state index is 3.93. The van der Waals surface area contributed by atoms with Crippen molar-refractivity contribution in [1.29, 1.82) is 0 Å². The molecule has 0 radical (unpaired) electrons. The van der Waals surface area contributed by atoms with Crippen LogP contribution in [0.15, 0.2) is 42.5 Å². The third-order valence-electron chi connectivity index (χ3n) is 1.95. The van der Waals surface area contributed by atoms with Crippen LogP contribution in [0.1, 0.15) is 11.8 Å². The van der Waals surface area contributed by atoms with Crippen LogP contribution in [0.5, 0.6) is 0 Å². The Bertz CT molecular complexity index is 404. The van der Waals surface area contributed by atoms with Gasteiger partial charge in [-0.15, -0.1) is 11.3 Å². The number of hydrogen-bond donors (Lipinski definition) is 0. The number of rotatable bonds is 2. The lowest BCUT2D eigenvalue weighted by atomic mass is 10.2. The lowest BCUT2D eigenvalue weighted by Crippen LogP contribution is -1.77. The molecule has 0 saturated heterocycles. The van der Waals surface area contributed by atoms with E-state index in [-0.39, 0.29) is 0 Å². The highest BCUT2D eigenvalue weighted by Gasteiger charge is 2.00. The van der Waals surface area contributed by atoms with E-state index in [1.54, 1.807) is 0 Å². The summed E-state index contributed by atoms with van der Waals surface area (Å²) in [4.78, 5) is 1.41. The lowest BCUT2D eigenvalue weighted by Gasteiger charge is -1.91. The molecule has 0 amide bonds. The highest BCUT2D eigenvalue weighted by atomic mass is 32.1. The predicted octanol–water partition coefficient (Wildman–Crippen LogP) is 4.02. The van der Waals surface area contributed by atoms with E-state index in [9.17, 15) is 0 Å². The van der Waals surface area contributed by atoms with Crippen molar-refractivity contribution in [2.75, 3.05) is 0 Å². The van der Waals surface area contributed by atoms with Gasteiger partial charge < -0.3 is 0 Å². The van der Waals surface area contributed by atoms with Crippen LogP contribution in [0, 0.1) is 0 Å². The van der Waals surface area contributed by atoms with Gasteiger partial charge >= 0.3 is 0 Å². The molecule has 0 unspecified atom stereocenters. The fraction of sp³-hybridized carbons (Fsp3) is 0.167. The van der Waals surface area contributed by atoms with Crippen LogP contribution in [0.2, 0.25) is 0 Å². The highest BCUT2D eigenvalue weighted by Crippen LogP contribution is 2.26. The third-order valence-corrected chi connectivity index (χ3v) is 3.07. The Hall–Kier alpha value is -1.08. The van der Waals surface area contributed by atoms with Crippen molar-refractivity contribution in [1.82, 2.24) is 0 Å². The zero-order valence-corrected chi connectivity index (χ0v) is 8.53. The molecule has 0 aliphatic carbocycles. The topological polar surface area (TPSA) is 0 Å². The van der Waals surface area contributed by atoms with E-state index < -0.39 is 0 Å². The molecule has 1 aromatic heterocycles. The Kier molecular flexibility index (Phi) is 2.19. The molecule has 13 heavy (non-hydrogen) atoms. The van der Waals surface area contributed by atoms with Crippen molar-refractivity contribution in [3.8, 4) is 0 Å². The molecule has 0 aliphatic rings. The van der Waals surface area contributed by atoms with Gasteiger partial charge in [0.1, 0.15) is 0 Å². The van der Waals surface area contributed by atoms with E-state index >= 15 is 0 Å². The Labute approximate surface area is 82.5 Å². The van der Waals surface area contributed by atoms with Crippen molar-refractivity contribution < 1.29 is 0 Å². The summed E-state index contributed by atoms with van der Waals surface area (Å²) in [7, 11) is 0. The zero-order valence-electron chi connectivity index (χ0n) is 7.71. The van der Waals surface area contributed by atoms with Crippen LogP contribution >= 0.6 is 11.3 Å². The molecule has 2 rings (SSSR count). The molecule has 0 bridgehead atoms. The van der Waals surface area contributed by atoms with Gasteiger partial charge in [-0.25, -0.2) is 0 Å². The van der Waals surface area contributed by atoms with Gasteiger partial charge in [0.05, 0.1) is 0 Å². The summed E-state index contributed by atoms with van der Waals surface area (Å²) in [5.74, 6) is 0. The van der Waals surface area contributed by atoms with Crippen LogP contribution < -0.4 is 0 Å². The first-order valence-corrected chi connectivity index (χ1v) is 5.19. The van der Waals surface area contributed by atoms with Crippen molar-refractivity contribution in [3.05, 3.63) is 47.4 Å². The van der Waals surface area contributed by atoms with E-state index in [4.69, 9.17) is 0 Å². The summed E-state index contributed by atoms with van der Waals surface area (Å²) in [5.41, 5.74) is 1.23. The van der Waals surface area contributed by atoms with Crippen molar-refractivity contribution in [2.24, 2.45) is 0 Å². The third kappa shape index (κ3) is 1.81. The molecule has 0 saturated carbocycles. The molecular weight excluding hydrogens is 176 g/mol. The Morgan fingerprint density at radius 2 is 2.15 bits per heavy atom. The molecular formula is C12H12S. The zero-order chi connectivity index (χ0) is 9.26. The van der Waals surface area contributed by atoms with Gasteiger partial charge in [0.2, 0.25) is 0 Å². The molecule has 0 fully saturated rings. The van der Waals surface area contributed by atoms with E-state index in [1.165, 1.54) is 20.5 Å². The minimum atomic E-state index is 1.01. The molecule has 66 valence electrons.